The van der Waals surface area contributed by atoms with E-state index in [0.717, 1.165) is 5.56 Å². The molecule has 7 heteroatoms. The van der Waals surface area contributed by atoms with Gasteiger partial charge in [0.15, 0.2) is 0 Å². The van der Waals surface area contributed by atoms with Crippen molar-refractivity contribution in [2.45, 2.75) is 19.9 Å². The molecule has 2 fully saturated rings. The van der Waals surface area contributed by atoms with Crippen LogP contribution in [0.1, 0.15) is 29.3 Å². The van der Waals surface area contributed by atoms with E-state index in [0.29, 0.717) is 38.3 Å². The summed E-state index contributed by atoms with van der Waals surface area (Å²) in [4.78, 5) is 37.1. The summed E-state index contributed by atoms with van der Waals surface area (Å²) < 4.78 is 5.42. The van der Waals surface area contributed by atoms with Crippen molar-refractivity contribution in [3.8, 4) is 0 Å². The predicted octanol–water partition coefficient (Wildman–Crippen LogP) is 0.886. The van der Waals surface area contributed by atoms with Crippen molar-refractivity contribution >= 4 is 17.8 Å². The average Bonchev–Trinajstić information content (AvgIpc) is 3.01. The van der Waals surface area contributed by atoms with Gasteiger partial charge >= 0.3 is 5.97 Å². The molecule has 0 radical (unpaired) electrons. The molecule has 0 spiro atoms. The zero-order valence-corrected chi connectivity index (χ0v) is 14.2. The molecule has 134 valence electrons. The normalized spacial score (nSPS) is 25.3. The molecule has 0 aromatic heterocycles. The quantitative estimate of drug-likeness (QED) is 0.844. The van der Waals surface area contributed by atoms with E-state index in [1.54, 1.807) is 29.2 Å². The van der Waals surface area contributed by atoms with Gasteiger partial charge in [-0.15, -0.1) is 0 Å². The maximum Gasteiger partial charge on any atom is 0.311 e. The van der Waals surface area contributed by atoms with Crippen molar-refractivity contribution in [2.75, 3.05) is 26.3 Å². The Morgan fingerprint density at radius 2 is 2.04 bits per heavy atom. The van der Waals surface area contributed by atoms with Gasteiger partial charge in [-0.05, 0) is 24.1 Å². The molecule has 0 unspecified atom stereocenters. The van der Waals surface area contributed by atoms with Gasteiger partial charge in [-0.1, -0.05) is 12.1 Å². The van der Waals surface area contributed by atoms with E-state index < -0.39 is 11.4 Å². The Balaban J connectivity index is 1.71. The Morgan fingerprint density at radius 1 is 1.32 bits per heavy atom. The molecular weight excluding hydrogens is 324 g/mol. The highest BCUT2D eigenvalue weighted by Gasteiger charge is 2.54. The van der Waals surface area contributed by atoms with E-state index in [2.05, 4.69) is 5.32 Å². The summed E-state index contributed by atoms with van der Waals surface area (Å²) >= 11 is 0. The number of hydrogen-bond donors (Lipinski definition) is 2. The molecule has 2 saturated heterocycles. The molecule has 3 rings (SSSR count). The van der Waals surface area contributed by atoms with E-state index in [1.807, 2.05) is 0 Å². The molecule has 2 amide bonds. The molecular formula is C18H22N2O5. The lowest BCUT2D eigenvalue weighted by Gasteiger charge is -2.33. The number of nitrogens with zero attached hydrogens (tertiary/aromatic N) is 1. The van der Waals surface area contributed by atoms with Gasteiger partial charge in [0.05, 0.1) is 12.0 Å². The number of ether oxygens (including phenoxy) is 1. The third-order valence-electron chi connectivity index (χ3n) is 5.16. The van der Waals surface area contributed by atoms with Crippen LogP contribution in [0, 0.1) is 11.3 Å². The molecule has 2 heterocycles. The van der Waals surface area contributed by atoms with Crippen LogP contribution in [0.4, 0.5) is 0 Å². The second-order valence-electron chi connectivity index (χ2n) is 6.78. The summed E-state index contributed by atoms with van der Waals surface area (Å²) in [6, 6.07) is 7.02. The number of aliphatic carboxylic acids is 1. The number of carbonyl (C=O) groups is 3. The highest BCUT2D eigenvalue weighted by atomic mass is 16.5. The minimum absolute atomic E-state index is 0.110. The summed E-state index contributed by atoms with van der Waals surface area (Å²) in [6.45, 7) is 3.29. The molecule has 2 aliphatic rings. The second kappa shape index (κ2) is 6.84. The molecule has 2 atom stereocenters. The molecule has 0 bridgehead atoms. The molecule has 0 saturated carbocycles. The smallest absolute Gasteiger partial charge is 0.311 e. The maximum atomic E-state index is 12.8. The predicted molar refractivity (Wildman–Crippen MR) is 88.9 cm³/mol. The van der Waals surface area contributed by atoms with E-state index in [9.17, 15) is 19.5 Å². The van der Waals surface area contributed by atoms with Crippen molar-refractivity contribution in [3.05, 3.63) is 35.4 Å². The number of carboxylic acid groups (broad SMARTS) is 1. The van der Waals surface area contributed by atoms with E-state index in [-0.39, 0.29) is 24.3 Å². The van der Waals surface area contributed by atoms with Gasteiger partial charge in [0.25, 0.3) is 5.91 Å². The number of carboxylic acids is 1. The topological polar surface area (TPSA) is 95.9 Å². The molecule has 7 nitrogen and oxygen atoms in total. The number of hydrogen-bond acceptors (Lipinski definition) is 4. The van der Waals surface area contributed by atoms with Crippen molar-refractivity contribution < 1.29 is 24.2 Å². The standard InChI is InChI=1S/C18H22N2O5/c1-12(21)19-8-13-2-4-14(5-3-13)16(22)20-9-15-10-25-7-6-18(15,11-20)17(23)24/h2-5,15H,6-11H2,1H3,(H,19,21)(H,23,24)/t15-,18+/m0/s1. The van der Waals surface area contributed by atoms with Gasteiger partial charge in [-0.2, -0.15) is 0 Å². The maximum absolute atomic E-state index is 12.8. The fourth-order valence-electron chi connectivity index (χ4n) is 3.63. The Hall–Kier alpha value is -2.41. The Bertz CT molecular complexity index is 687. The summed E-state index contributed by atoms with van der Waals surface area (Å²) in [5, 5.41) is 12.4. The summed E-state index contributed by atoms with van der Waals surface area (Å²) in [5.41, 5.74) is 0.531. The van der Waals surface area contributed by atoms with Crippen molar-refractivity contribution in [2.24, 2.45) is 11.3 Å². The van der Waals surface area contributed by atoms with Crippen LogP contribution in [0.5, 0.6) is 0 Å². The Kier molecular flexibility index (Phi) is 4.76. The number of nitrogens with one attached hydrogen (secondary N) is 1. The number of likely N-dealkylation sites (tertiary alicyclic amines) is 1. The van der Waals surface area contributed by atoms with E-state index in [4.69, 9.17) is 4.74 Å². The van der Waals surface area contributed by atoms with Crippen LogP contribution >= 0.6 is 0 Å². The zero-order valence-electron chi connectivity index (χ0n) is 14.2. The molecule has 1 aromatic rings. The molecule has 0 aliphatic carbocycles. The highest BCUT2D eigenvalue weighted by molar-refractivity contribution is 5.95. The van der Waals surface area contributed by atoms with Crippen LogP contribution in [0.3, 0.4) is 0 Å². The van der Waals surface area contributed by atoms with Gasteiger partial charge in [0.1, 0.15) is 0 Å². The van der Waals surface area contributed by atoms with Gasteiger partial charge in [-0.3, -0.25) is 14.4 Å². The monoisotopic (exact) mass is 346 g/mol. The number of benzene rings is 1. The van der Waals surface area contributed by atoms with Crippen LogP contribution in [0.25, 0.3) is 0 Å². The largest absolute Gasteiger partial charge is 0.481 e. The first-order chi connectivity index (χ1) is 11.9. The van der Waals surface area contributed by atoms with Crippen molar-refractivity contribution in [3.63, 3.8) is 0 Å². The first kappa shape index (κ1) is 17.4. The number of amides is 2. The summed E-state index contributed by atoms with van der Waals surface area (Å²) in [6.07, 6.45) is 0.437. The third-order valence-corrected chi connectivity index (χ3v) is 5.16. The van der Waals surface area contributed by atoms with Crippen LogP contribution in [0.2, 0.25) is 0 Å². The van der Waals surface area contributed by atoms with Crippen LogP contribution in [-0.2, 0) is 20.9 Å². The summed E-state index contributed by atoms with van der Waals surface area (Å²) in [5.74, 6) is -1.29. The number of fused-ring (bicyclic) bond motifs is 1. The molecule has 1 aromatic carbocycles. The molecule has 2 aliphatic heterocycles. The SMILES string of the molecule is CC(=O)NCc1ccc(C(=O)N2C[C@H]3COCC[C@@]3(C(=O)O)C2)cc1. The van der Waals surface area contributed by atoms with Crippen LogP contribution < -0.4 is 5.32 Å². The van der Waals surface area contributed by atoms with Crippen molar-refractivity contribution in [1.29, 1.82) is 0 Å². The number of rotatable bonds is 4. The van der Waals surface area contributed by atoms with E-state index in [1.165, 1.54) is 6.92 Å². The van der Waals surface area contributed by atoms with Gasteiger partial charge < -0.3 is 20.1 Å². The van der Waals surface area contributed by atoms with E-state index >= 15 is 0 Å². The Morgan fingerprint density at radius 3 is 2.64 bits per heavy atom. The lowest BCUT2D eigenvalue weighted by molar-refractivity contribution is -0.157. The second-order valence-corrected chi connectivity index (χ2v) is 6.78. The first-order valence-corrected chi connectivity index (χ1v) is 8.36. The molecule has 2 N–H and O–H groups in total. The third kappa shape index (κ3) is 3.37. The summed E-state index contributed by atoms with van der Waals surface area (Å²) in [7, 11) is 0. The highest BCUT2D eigenvalue weighted by Crippen LogP contribution is 2.42. The molecule has 25 heavy (non-hydrogen) atoms. The average molecular weight is 346 g/mol. The fourth-order valence-corrected chi connectivity index (χ4v) is 3.63. The lowest BCUT2D eigenvalue weighted by atomic mass is 9.74. The lowest BCUT2D eigenvalue weighted by Crippen LogP contribution is -2.45. The fraction of sp³-hybridized carbons (Fsp3) is 0.500. The van der Waals surface area contributed by atoms with Gasteiger partial charge in [0, 0.05) is 44.6 Å². The zero-order chi connectivity index (χ0) is 18.0. The minimum Gasteiger partial charge on any atom is -0.481 e. The first-order valence-electron chi connectivity index (χ1n) is 8.36. The van der Waals surface area contributed by atoms with Crippen LogP contribution in [-0.4, -0.2) is 54.1 Å². The van der Waals surface area contributed by atoms with Crippen LogP contribution in [0.15, 0.2) is 24.3 Å². The Labute approximate surface area is 146 Å². The minimum atomic E-state index is -0.890. The number of carbonyl (C=O) groups excluding carboxylic acids is 2. The van der Waals surface area contributed by atoms with Crippen molar-refractivity contribution in [1.82, 2.24) is 10.2 Å². The van der Waals surface area contributed by atoms with Gasteiger partial charge in [0.2, 0.25) is 5.91 Å². The van der Waals surface area contributed by atoms with Gasteiger partial charge in [-0.25, -0.2) is 0 Å².